The molecule has 2 aromatic rings. The highest BCUT2D eigenvalue weighted by Gasteiger charge is 2.32. The Morgan fingerprint density at radius 2 is 1.95 bits per heavy atom. The highest BCUT2D eigenvalue weighted by atomic mass is 35.5. The fourth-order valence-electron chi connectivity index (χ4n) is 2.59. The van der Waals surface area contributed by atoms with Crippen molar-refractivity contribution in [3.63, 3.8) is 0 Å². The first-order chi connectivity index (χ1) is 10.6. The van der Waals surface area contributed by atoms with Crippen LogP contribution in [-0.2, 0) is 0 Å². The van der Waals surface area contributed by atoms with Crippen LogP contribution in [0.15, 0.2) is 36.4 Å². The first kappa shape index (κ1) is 14.7. The number of carbonyl (C=O) groups is 1. The van der Waals surface area contributed by atoms with Gasteiger partial charge in [0.05, 0.1) is 20.6 Å². The van der Waals surface area contributed by atoms with Crippen LogP contribution < -0.4 is 14.2 Å². The Hall–Kier alpha value is -2.20. The number of methoxy groups -OCH3 is 2. The van der Waals surface area contributed by atoms with Crippen molar-refractivity contribution in [3.05, 3.63) is 52.5 Å². The van der Waals surface area contributed by atoms with Gasteiger partial charge in [0.25, 0.3) is 0 Å². The number of hydrogen-bond acceptors (Lipinski definition) is 4. The maximum atomic E-state index is 12.5. The quantitative estimate of drug-likeness (QED) is 0.856. The number of rotatable bonds is 3. The van der Waals surface area contributed by atoms with Crippen molar-refractivity contribution in [1.82, 2.24) is 0 Å². The number of benzene rings is 2. The van der Waals surface area contributed by atoms with Gasteiger partial charge in [-0.05, 0) is 6.07 Å². The van der Waals surface area contributed by atoms with Crippen molar-refractivity contribution >= 4 is 17.4 Å². The minimum atomic E-state index is -0.412. The average molecular weight is 319 g/mol. The summed E-state index contributed by atoms with van der Waals surface area (Å²) in [7, 11) is 3.07. The maximum Gasteiger partial charge on any atom is 0.174 e. The maximum absolute atomic E-state index is 12.5. The molecular formula is C17H15ClO4. The van der Waals surface area contributed by atoms with E-state index in [1.54, 1.807) is 25.3 Å². The predicted octanol–water partition coefficient (Wildman–Crippen LogP) is 4.06. The van der Waals surface area contributed by atoms with Crippen LogP contribution in [0.5, 0.6) is 17.2 Å². The van der Waals surface area contributed by atoms with E-state index >= 15 is 0 Å². The normalized spacial score (nSPS) is 16.7. The van der Waals surface area contributed by atoms with Gasteiger partial charge in [-0.2, -0.15) is 0 Å². The standard InChI is InChI=1S/C17H15ClO4/c1-20-10-7-15(21-2)17-13(19)9-14(22-16(17)8-10)11-5-3-4-6-12(11)18/h3-8,14H,9H2,1-2H3. The average Bonchev–Trinajstić information content (AvgIpc) is 2.53. The monoisotopic (exact) mass is 318 g/mol. The topological polar surface area (TPSA) is 44.8 Å². The summed E-state index contributed by atoms with van der Waals surface area (Å²) in [5.41, 5.74) is 1.25. The van der Waals surface area contributed by atoms with Crippen LogP contribution in [0.2, 0.25) is 5.02 Å². The Labute approximate surface area is 133 Å². The largest absolute Gasteiger partial charge is 0.496 e. The van der Waals surface area contributed by atoms with E-state index in [1.165, 1.54) is 7.11 Å². The van der Waals surface area contributed by atoms with E-state index in [1.807, 2.05) is 18.2 Å². The summed E-state index contributed by atoms with van der Waals surface area (Å²) in [6.07, 6.45) is -0.190. The molecule has 5 heteroatoms. The molecule has 0 radical (unpaired) electrons. The van der Waals surface area contributed by atoms with E-state index in [4.69, 9.17) is 25.8 Å². The molecule has 0 aromatic heterocycles. The molecule has 1 heterocycles. The van der Waals surface area contributed by atoms with Crippen molar-refractivity contribution in [2.75, 3.05) is 14.2 Å². The van der Waals surface area contributed by atoms with Gasteiger partial charge in [0, 0.05) is 22.7 Å². The first-order valence-electron chi connectivity index (χ1n) is 6.84. The third-order valence-corrected chi connectivity index (χ3v) is 4.01. The second-order valence-electron chi connectivity index (χ2n) is 4.96. The van der Waals surface area contributed by atoms with Crippen LogP contribution >= 0.6 is 11.6 Å². The summed E-state index contributed by atoms with van der Waals surface area (Å²) < 4.78 is 16.5. The lowest BCUT2D eigenvalue weighted by Gasteiger charge is -2.27. The van der Waals surface area contributed by atoms with E-state index < -0.39 is 6.10 Å². The number of hydrogen-bond donors (Lipinski definition) is 0. The summed E-state index contributed by atoms with van der Waals surface area (Å²) in [4.78, 5) is 12.5. The Balaban J connectivity index is 2.05. The summed E-state index contributed by atoms with van der Waals surface area (Å²) in [5.74, 6) is 1.45. The van der Waals surface area contributed by atoms with Gasteiger partial charge in [0.2, 0.25) is 0 Å². The van der Waals surface area contributed by atoms with Crippen LogP contribution in [0.1, 0.15) is 28.4 Å². The molecule has 4 nitrogen and oxygen atoms in total. The molecule has 3 rings (SSSR count). The molecule has 22 heavy (non-hydrogen) atoms. The molecule has 1 unspecified atom stereocenters. The fourth-order valence-corrected chi connectivity index (χ4v) is 2.84. The molecule has 0 bridgehead atoms. The van der Waals surface area contributed by atoms with Crippen LogP contribution in [0, 0.1) is 0 Å². The second-order valence-corrected chi connectivity index (χ2v) is 5.37. The van der Waals surface area contributed by atoms with E-state index in [9.17, 15) is 4.79 Å². The van der Waals surface area contributed by atoms with Gasteiger partial charge in [0.1, 0.15) is 28.9 Å². The van der Waals surface area contributed by atoms with Crippen molar-refractivity contribution < 1.29 is 19.0 Å². The second kappa shape index (κ2) is 5.89. The lowest BCUT2D eigenvalue weighted by molar-refractivity contribution is 0.0844. The molecule has 0 saturated carbocycles. The van der Waals surface area contributed by atoms with Crippen LogP contribution in [-0.4, -0.2) is 20.0 Å². The Morgan fingerprint density at radius 1 is 1.18 bits per heavy atom. The van der Waals surface area contributed by atoms with E-state index in [0.717, 1.165) is 5.56 Å². The summed E-state index contributed by atoms with van der Waals surface area (Å²) in [6, 6.07) is 10.7. The van der Waals surface area contributed by atoms with E-state index in [2.05, 4.69) is 0 Å². The third-order valence-electron chi connectivity index (χ3n) is 3.67. The number of halogens is 1. The molecule has 1 aliphatic heterocycles. The van der Waals surface area contributed by atoms with Crippen LogP contribution in [0.4, 0.5) is 0 Å². The third kappa shape index (κ3) is 2.50. The SMILES string of the molecule is COc1cc(OC)c2c(c1)OC(c1ccccc1Cl)CC2=O. The molecule has 1 atom stereocenters. The smallest absolute Gasteiger partial charge is 0.174 e. The van der Waals surface area contributed by atoms with Crippen molar-refractivity contribution in [2.24, 2.45) is 0 Å². The first-order valence-corrected chi connectivity index (χ1v) is 7.22. The molecule has 0 spiro atoms. The van der Waals surface area contributed by atoms with Gasteiger partial charge in [-0.3, -0.25) is 4.79 Å². The van der Waals surface area contributed by atoms with Gasteiger partial charge in [-0.25, -0.2) is 0 Å². The van der Waals surface area contributed by atoms with Gasteiger partial charge in [-0.1, -0.05) is 29.8 Å². The van der Waals surface area contributed by atoms with Crippen molar-refractivity contribution in [1.29, 1.82) is 0 Å². The minimum absolute atomic E-state index is 0.0364. The number of ether oxygens (including phenoxy) is 3. The lowest BCUT2D eigenvalue weighted by atomic mass is 9.95. The molecule has 0 saturated heterocycles. The number of carbonyl (C=O) groups excluding carboxylic acids is 1. The molecule has 0 aliphatic carbocycles. The Kier molecular flexibility index (Phi) is 3.94. The highest BCUT2D eigenvalue weighted by molar-refractivity contribution is 6.31. The lowest BCUT2D eigenvalue weighted by Crippen LogP contribution is -2.21. The zero-order valence-electron chi connectivity index (χ0n) is 12.3. The number of fused-ring (bicyclic) bond motifs is 1. The van der Waals surface area contributed by atoms with Crippen molar-refractivity contribution in [2.45, 2.75) is 12.5 Å². The predicted molar refractivity (Wildman–Crippen MR) is 83.3 cm³/mol. The molecule has 2 aromatic carbocycles. The summed E-state index contributed by atoms with van der Waals surface area (Å²) in [6.45, 7) is 0. The van der Waals surface area contributed by atoms with Gasteiger partial charge < -0.3 is 14.2 Å². The minimum Gasteiger partial charge on any atom is -0.496 e. The number of ketones is 1. The molecular weight excluding hydrogens is 304 g/mol. The van der Waals surface area contributed by atoms with Crippen molar-refractivity contribution in [3.8, 4) is 17.2 Å². The zero-order chi connectivity index (χ0) is 15.7. The summed E-state index contributed by atoms with van der Waals surface area (Å²) >= 11 is 6.21. The zero-order valence-corrected chi connectivity index (χ0v) is 13.0. The molecule has 0 fully saturated rings. The summed E-state index contributed by atoms with van der Waals surface area (Å²) in [5, 5.41) is 0.582. The van der Waals surface area contributed by atoms with Gasteiger partial charge >= 0.3 is 0 Å². The van der Waals surface area contributed by atoms with Crippen LogP contribution in [0.25, 0.3) is 0 Å². The van der Waals surface area contributed by atoms with E-state index in [0.29, 0.717) is 27.8 Å². The highest BCUT2D eigenvalue weighted by Crippen LogP contribution is 2.43. The molecule has 1 aliphatic rings. The fraction of sp³-hybridized carbons (Fsp3) is 0.235. The van der Waals surface area contributed by atoms with Gasteiger partial charge in [0.15, 0.2) is 5.78 Å². The Morgan fingerprint density at radius 3 is 2.64 bits per heavy atom. The van der Waals surface area contributed by atoms with Gasteiger partial charge in [-0.15, -0.1) is 0 Å². The molecule has 0 amide bonds. The Bertz CT molecular complexity index is 727. The molecule has 0 N–H and O–H groups in total. The van der Waals surface area contributed by atoms with Crippen LogP contribution in [0.3, 0.4) is 0 Å². The van der Waals surface area contributed by atoms with E-state index in [-0.39, 0.29) is 12.2 Å². The number of Topliss-reactive ketones (excluding diaryl/α,β-unsaturated/α-hetero) is 1. The molecule has 114 valence electrons.